The molecular formula is C21H26FN3S. The number of piperidine rings is 1. The van der Waals surface area contributed by atoms with Gasteiger partial charge in [0, 0.05) is 18.8 Å². The Morgan fingerprint density at radius 2 is 1.77 bits per heavy atom. The lowest BCUT2D eigenvalue weighted by Gasteiger charge is -2.32. The molecule has 0 bridgehead atoms. The largest absolute Gasteiger partial charge is 0.372 e. The standard InChI is InChI=1S/C21H26FN3S/c1-15-11-13-25(14-12-15)18-9-7-17(8-10-18)16(2)23-21(26)24-20-6-4-3-5-19(20)22/h3-10,15-16H,11-14H2,1-2H3,(H2,23,24,26)/t16-/m0/s1. The van der Waals surface area contributed by atoms with Gasteiger partial charge in [-0.25, -0.2) is 4.39 Å². The van der Waals surface area contributed by atoms with Crippen LogP contribution in [0.5, 0.6) is 0 Å². The molecule has 0 saturated carbocycles. The average Bonchev–Trinajstić information content (AvgIpc) is 2.64. The molecule has 1 atom stereocenters. The van der Waals surface area contributed by atoms with Gasteiger partial charge < -0.3 is 15.5 Å². The molecular weight excluding hydrogens is 345 g/mol. The SMILES string of the molecule is CC1CCN(c2ccc([C@H](C)NC(=S)Nc3ccccc3F)cc2)CC1. The van der Waals surface area contributed by atoms with Gasteiger partial charge in [-0.1, -0.05) is 31.2 Å². The molecule has 138 valence electrons. The molecule has 0 amide bonds. The van der Waals surface area contributed by atoms with E-state index in [9.17, 15) is 4.39 Å². The molecule has 0 aromatic heterocycles. The highest BCUT2D eigenvalue weighted by Gasteiger charge is 2.16. The van der Waals surface area contributed by atoms with Crippen LogP contribution in [0.15, 0.2) is 48.5 Å². The Kier molecular flexibility index (Phi) is 6.09. The van der Waals surface area contributed by atoms with E-state index in [2.05, 4.69) is 46.7 Å². The van der Waals surface area contributed by atoms with Crippen molar-refractivity contribution < 1.29 is 4.39 Å². The highest BCUT2D eigenvalue weighted by atomic mass is 32.1. The van der Waals surface area contributed by atoms with E-state index in [1.807, 2.05) is 6.92 Å². The van der Waals surface area contributed by atoms with Gasteiger partial charge in [0.1, 0.15) is 5.82 Å². The summed E-state index contributed by atoms with van der Waals surface area (Å²) in [6.07, 6.45) is 2.52. The van der Waals surface area contributed by atoms with Gasteiger partial charge in [0.2, 0.25) is 0 Å². The van der Waals surface area contributed by atoms with Crippen LogP contribution >= 0.6 is 12.2 Å². The van der Waals surface area contributed by atoms with Crippen LogP contribution in [0.3, 0.4) is 0 Å². The third kappa shape index (κ3) is 4.73. The normalized spacial score (nSPS) is 16.2. The zero-order valence-corrected chi connectivity index (χ0v) is 16.2. The zero-order chi connectivity index (χ0) is 18.5. The van der Waals surface area contributed by atoms with Crippen LogP contribution in [0.2, 0.25) is 0 Å². The highest BCUT2D eigenvalue weighted by molar-refractivity contribution is 7.80. The van der Waals surface area contributed by atoms with E-state index < -0.39 is 0 Å². The van der Waals surface area contributed by atoms with Crippen molar-refractivity contribution in [3.05, 3.63) is 59.9 Å². The molecule has 0 spiro atoms. The first kappa shape index (κ1) is 18.6. The van der Waals surface area contributed by atoms with Crippen LogP contribution in [0.1, 0.15) is 38.3 Å². The van der Waals surface area contributed by atoms with Crippen LogP contribution in [-0.2, 0) is 0 Å². The summed E-state index contributed by atoms with van der Waals surface area (Å²) in [4.78, 5) is 2.45. The summed E-state index contributed by atoms with van der Waals surface area (Å²) >= 11 is 5.31. The van der Waals surface area contributed by atoms with E-state index >= 15 is 0 Å². The summed E-state index contributed by atoms with van der Waals surface area (Å²) in [6, 6.07) is 15.2. The summed E-state index contributed by atoms with van der Waals surface area (Å²) < 4.78 is 13.7. The van der Waals surface area contributed by atoms with E-state index in [0.717, 1.165) is 24.6 Å². The summed E-state index contributed by atoms with van der Waals surface area (Å²) in [5.74, 6) is 0.516. The predicted molar refractivity (Wildman–Crippen MR) is 111 cm³/mol. The first-order valence-corrected chi connectivity index (χ1v) is 9.60. The van der Waals surface area contributed by atoms with Crippen LogP contribution in [-0.4, -0.2) is 18.2 Å². The molecule has 2 N–H and O–H groups in total. The van der Waals surface area contributed by atoms with Gasteiger partial charge in [-0.2, -0.15) is 0 Å². The molecule has 3 nitrogen and oxygen atoms in total. The zero-order valence-electron chi connectivity index (χ0n) is 15.3. The third-order valence-corrected chi connectivity index (χ3v) is 5.23. The fourth-order valence-electron chi connectivity index (χ4n) is 3.24. The summed E-state index contributed by atoms with van der Waals surface area (Å²) in [7, 11) is 0. The number of nitrogens with one attached hydrogen (secondary N) is 2. The lowest BCUT2D eigenvalue weighted by molar-refractivity contribution is 0.438. The van der Waals surface area contributed by atoms with E-state index in [4.69, 9.17) is 12.2 Å². The second-order valence-corrected chi connectivity index (χ2v) is 7.47. The van der Waals surface area contributed by atoms with Crippen LogP contribution in [0, 0.1) is 11.7 Å². The Morgan fingerprint density at radius 1 is 1.12 bits per heavy atom. The molecule has 2 aromatic rings. The monoisotopic (exact) mass is 371 g/mol. The van der Waals surface area contributed by atoms with Crippen LogP contribution in [0.25, 0.3) is 0 Å². The van der Waals surface area contributed by atoms with Crippen LogP contribution < -0.4 is 15.5 Å². The molecule has 5 heteroatoms. The molecule has 1 saturated heterocycles. The smallest absolute Gasteiger partial charge is 0.171 e. The highest BCUT2D eigenvalue weighted by Crippen LogP contribution is 2.24. The lowest BCUT2D eigenvalue weighted by Crippen LogP contribution is -2.33. The van der Waals surface area contributed by atoms with E-state index in [1.165, 1.54) is 24.6 Å². The van der Waals surface area contributed by atoms with Crippen molar-refractivity contribution in [2.24, 2.45) is 5.92 Å². The van der Waals surface area contributed by atoms with Crippen molar-refractivity contribution in [1.29, 1.82) is 0 Å². The molecule has 3 rings (SSSR count). The second-order valence-electron chi connectivity index (χ2n) is 7.06. The van der Waals surface area contributed by atoms with Crippen molar-refractivity contribution in [3.8, 4) is 0 Å². The van der Waals surface area contributed by atoms with Crippen molar-refractivity contribution in [2.45, 2.75) is 32.7 Å². The van der Waals surface area contributed by atoms with E-state index in [0.29, 0.717) is 10.8 Å². The first-order chi connectivity index (χ1) is 12.5. The Hall–Kier alpha value is -2.14. The molecule has 0 unspecified atom stereocenters. The van der Waals surface area contributed by atoms with Gasteiger partial charge in [-0.15, -0.1) is 0 Å². The number of para-hydroxylation sites is 1. The fraction of sp³-hybridized carbons (Fsp3) is 0.381. The number of benzene rings is 2. The van der Waals surface area contributed by atoms with Gasteiger partial charge in [-0.05, 0) is 67.7 Å². The quantitative estimate of drug-likeness (QED) is 0.731. The summed E-state index contributed by atoms with van der Waals surface area (Å²) in [5, 5.41) is 6.55. The molecule has 1 aliphatic heterocycles. The molecule has 26 heavy (non-hydrogen) atoms. The molecule has 1 aliphatic rings. The Bertz CT molecular complexity index is 739. The molecule has 2 aromatic carbocycles. The first-order valence-electron chi connectivity index (χ1n) is 9.20. The minimum Gasteiger partial charge on any atom is -0.372 e. The van der Waals surface area contributed by atoms with E-state index in [-0.39, 0.29) is 11.9 Å². The van der Waals surface area contributed by atoms with Gasteiger partial charge in [0.15, 0.2) is 5.11 Å². The topological polar surface area (TPSA) is 27.3 Å². The van der Waals surface area contributed by atoms with Crippen molar-refractivity contribution in [2.75, 3.05) is 23.3 Å². The number of hydrogen-bond acceptors (Lipinski definition) is 2. The minimum absolute atomic E-state index is 0.0391. The third-order valence-electron chi connectivity index (χ3n) is 5.01. The van der Waals surface area contributed by atoms with Gasteiger partial charge in [0.25, 0.3) is 0 Å². The number of nitrogens with zero attached hydrogens (tertiary/aromatic N) is 1. The molecule has 0 aliphatic carbocycles. The number of thiocarbonyl (C=S) groups is 1. The minimum atomic E-state index is -0.315. The number of hydrogen-bond donors (Lipinski definition) is 2. The molecule has 0 radical (unpaired) electrons. The number of halogens is 1. The number of rotatable bonds is 4. The van der Waals surface area contributed by atoms with Crippen molar-refractivity contribution in [3.63, 3.8) is 0 Å². The van der Waals surface area contributed by atoms with Gasteiger partial charge in [-0.3, -0.25) is 0 Å². The summed E-state index contributed by atoms with van der Waals surface area (Å²) in [6.45, 7) is 6.63. The van der Waals surface area contributed by atoms with Gasteiger partial charge in [0.05, 0.1) is 11.7 Å². The maximum atomic E-state index is 13.7. The van der Waals surface area contributed by atoms with Crippen molar-refractivity contribution >= 4 is 28.7 Å². The Labute approximate surface area is 160 Å². The van der Waals surface area contributed by atoms with E-state index in [1.54, 1.807) is 18.2 Å². The maximum absolute atomic E-state index is 13.7. The maximum Gasteiger partial charge on any atom is 0.171 e. The molecule has 1 fully saturated rings. The van der Waals surface area contributed by atoms with Crippen LogP contribution in [0.4, 0.5) is 15.8 Å². The Morgan fingerprint density at radius 3 is 2.42 bits per heavy atom. The fourth-order valence-corrected chi connectivity index (χ4v) is 3.53. The van der Waals surface area contributed by atoms with Gasteiger partial charge >= 0.3 is 0 Å². The number of anilines is 2. The second kappa shape index (κ2) is 8.49. The summed E-state index contributed by atoms with van der Waals surface area (Å²) in [5.41, 5.74) is 2.81. The molecule has 1 heterocycles. The predicted octanol–water partition coefficient (Wildman–Crippen LogP) is 5.11. The van der Waals surface area contributed by atoms with Crippen molar-refractivity contribution in [1.82, 2.24) is 5.32 Å². The lowest BCUT2D eigenvalue weighted by atomic mass is 9.98. The Balaban J connectivity index is 1.57. The average molecular weight is 372 g/mol.